The zero-order valence-corrected chi connectivity index (χ0v) is 23.0. The lowest BCUT2D eigenvalue weighted by Gasteiger charge is -2.42. The van der Waals surface area contributed by atoms with Gasteiger partial charge in [0, 0.05) is 23.7 Å². The Balaban J connectivity index is 1.50. The van der Waals surface area contributed by atoms with Crippen molar-refractivity contribution in [1.29, 1.82) is 0 Å². The van der Waals surface area contributed by atoms with Crippen LogP contribution in [0.2, 0.25) is 5.02 Å². The molecule has 0 aromatic heterocycles. The Hall–Kier alpha value is -2.33. The van der Waals surface area contributed by atoms with Crippen LogP contribution in [0.5, 0.6) is 5.75 Å². The smallest absolute Gasteiger partial charge is 0.264 e. The number of aryl methyl sites for hydroxylation is 1. The molecule has 2 heterocycles. The molecule has 3 aliphatic rings. The van der Waals surface area contributed by atoms with E-state index in [1.807, 2.05) is 18.2 Å². The maximum Gasteiger partial charge on any atom is 0.264 e. The van der Waals surface area contributed by atoms with Gasteiger partial charge < -0.3 is 19.5 Å². The molecule has 10 heteroatoms. The number of carbonyl (C=O) groups is 1. The summed E-state index contributed by atoms with van der Waals surface area (Å²) < 4.78 is 38.9. The molecule has 3 atom stereocenters. The number of amides is 1. The summed E-state index contributed by atoms with van der Waals surface area (Å²) in [4.78, 5) is 15.2. The predicted octanol–water partition coefficient (Wildman–Crippen LogP) is 3.93. The number of carbonyl (C=O) groups excluding carboxylic acids is 1. The highest BCUT2D eigenvalue weighted by Gasteiger charge is 2.34. The number of fused-ring (bicyclic) bond motifs is 3. The van der Waals surface area contributed by atoms with E-state index in [1.54, 1.807) is 18.2 Å². The van der Waals surface area contributed by atoms with Crippen LogP contribution < -0.4 is 14.4 Å². The van der Waals surface area contributed by atoms with Crippen molar-refractivity contribution in [3.05, 3.63) is 58.1 Å². The van der Waals surface area contributed by atoms with E-state index in [9.17, 15) is 18.3 Å². The molecule has 8 nitrogen and oxygen atoms in total. The molecular weight excluding hydrogens is 528 g/mol. The predicted molar refractivity (Wildman–Crippen MR) is 146 cm³/mol. The van der Waals surface area contributed by atoms with Gasteiger partial charge in [-0.25, -0.2) is 13.1 Å². The van der Waals surface area contributed by atoms with Gasteiger partial charge in [-0.15, -0.1) is 0 Å². The molecule has 1 fully saturated rings. The lowest BCUT2D eigenvalue weighted by molar-refractivity contribution is 0.00968. The number of anilines is 1. The lowest BCUT2D eigenvalue weighted by atomic mass is 9.70. The molecule has 0 spiro atoms. The van der Waals surface area contributed by atoms with Crippen LogP contribution in [0.4, 0.5) is 5.69 Å². The molecule has 2 bridgehead atoms. The molecule has 1 saturated carbocycles. The number of nitrogens with one attached hydrogen (secondary N) is 1. The van der Waals surface area contributed by atoms with Crippen LogP contribution in [0, 0.1) is 11.8 Å². The summed E-state index contributed by atoms with van der Waals surface area (Å²) in [5.74, 6) is 0.379. The molecule has 0 radical (unpaired) electrons. The Bertz CT molecular complexity index is 1270. The van der Waals surface area contributed by atoms with Gasteiger partial charge in [-0.1, -0.05) is 17.7 Å². The Morgan fingerprint density at radius 2 is 1.89 bits per heavy atom. The molecule has 2 N–H and O–H groups in total. The Labute approximate surface area is 229 Å². The second kappa shape index (κ2) is 11.8. The standard InChI is InChI=1S/C28H35ClN2O6S/c29-24-8-6-23-17-37-27-9-7-21-15-26(27)31(10-2-1-3-19(23)13-24)16-22-5-4-20(22)14-25(32)18-36-11-12-38(34,35)30-28(21)33/h6-9,13,15,20,22,25,32H,1-5,10-12,14,16-18H2,(H,30,33)/t20-,22-,25-/m0/s1. The Kier molecular flexibility index (Phi) is 8.47. The van der Waals surface area contributed by atoms with E-state index in [-0.39, 0.29) is 24.5 Å². The number of halogens is 1. The van der Waals surface area contributed by atoms with E-state index in [1.165, 1.54) is 5.56 Å². The van der Waals surface area contributed by atoms with Crippen LogP contribution >= 0.6 is 11.6 Å². The van der Waals surface area contributed by atoms with E-state index in [0.717, 1.165) is 56.4 Å². The summed E-state index contributed by atoms with van der Waals surface area (Å²) in [6, 6.07) is 11.0. The van der Waals surface area contributed by atoms with Crippen molar-refractivity contribution in [2.45, 2.75) is 51.2 Å². The second-order valence-electron chi connectivity index (χ2n) is 10.6. The van der Waals surface area contributed by atoms with Crippen LogP contribution in [0.15, 0.2) is 36.4 Å². The van der Waals surface area contributed by atoms with Crippen LogP contribution in [-0.2, 0) is 27.8 Å². The summed E-state index contributed by atoms with van der Waals surface area (Å²) >= 11 is 6.27. The molecule has 5 rings (SSSR count). The quantitative estimate of drug-likeness (QED) is 0.501. The van der Waals surface area contributed by atoms with Gasteiger partial charge in [0.1, 0.15) is 12.4 Å². The minimum absolute atomic E-state index is 0.0814. The third-order valence-corrected chi connectivity index (χ3v) is 9.33. The molecule has 1 aliphatic carbocycles. The van der Waals surface area contributed by atoms with Crippen molar-refractivity contribution < 1.29 is 27.8 Å². The number of ether oxygens (including phenoxy) is 2. The maximum atomic E-state index is 13.0. The van der Waals surface area contributed by atoms with E-state index in [0.29, 0.717) is 35.6 Å². The average molecular weight is 563 g/mol. The molecular formula is C28H35ClN2O6S. The summed E-state index contributed by atoms with van der Waals surface area (Å²) in [5.41, 5.74) is 3.30. The summed E-state index contributed by atoms with van der Waals surface area (Å²) in [6.45, 7) is 1.90. The van der Waals surface area contributed by atoms with Gasteiger partial charge in [0.05, 0.1) is 30.8 Å². The van der Waals surface area contributed by atoms with Crippen molar-refractivity contribution in [3.63, 3.8) is 0 Å². The SMILES string of the molecule is O=C1NS(=O)(=O)CCOC[C@@H](O)C[C@@H]2CC[C@H]2CN2CCCCc3cc(Cl)ccc3COc3ccc1cc32. The molecule has 38 heavy (non-hydrogen) atoms. The van der Waals surface area contributed by atoms with Gasteiger partial charge in [0.15, 0.2) is 0 Å². The van der Waals surface area contributed by atoms with E-state index >= 15 is 0 Å². The molecule has 0 saturated heterocycles. The second-order valence-corrected chi connectivity index (χ2v) is 12.9. The maximum absolute atomic E-state index is 13.0. The summed E-state index contributed by atoms with van der Waals surface area (Å²) in [5, 5.41) is 11.2. The van der Waals surface area contributed by atoms with Gasteiger partial charge in [-0.2, -0.15) is 0 Å². The first-order valence-corrected chi connectivity index (χ1v) is 15.4. The zero-order valence-electron chi connectivity index (χ0n) is 21.4. The monoisotopic (exact) mass is 562 g/mol. The molecule has 2 aromatic rings. The van der Waals surface area contributed by atoms with Crippen LogP contribution in [0.25, 0.3) is 0 Å². The van der Waals surface area contributed by atoms with Gasteiger partial charge in [-0.05, 0) is 91.8 Å². The molecule has 0 unspecified atom stereocenters. The van der Waals surface area contributed by atoms with Crippen molar-refractivity contribution in [1.82, 2.24) is 4.72 Å². The molecule has 206 valence electrons. The minimum Gasteiger partial charge on any atom is -0.487 e. The summed E-state index contributed by atoms with van der Waals surface area (Å²) in [7, 11) is -3.90. The van der Waals surface area contributed by atoms with Crippen LogP contribution in [-0.4, -0.2) is 57.6 Å². The first-order valence-electron chi connectivity index (χ1n) is 13.4. The highest BCUT2D eigenvalue weighted by Crippen LogP contribution is 2.41. The number of nitrogens with zero attached hydrogens (tertiary/aromatic N) is 1. The molecule has 2 aliphatic heterocycles. The van der Waals surface area contributed by atoms with E-state index in [2.05, 4.69) is 9.62 Å². The number of hydrogen-bond acceptors (Lipinski definition) is 7. The number of sulfonamides is 1. The zero-order chi connectivity index (χ0) is 26.7. The third kappa shape index (κ3) is 6.62. The number of rotatable bonds is 0. The van der Waals surface area contributed by atoms with Crippen molar-refractivity contribution in [2.24, 2.45) is 11.8 Å². The van der Waals surface area contributed by atoms with Crippen LogP contribution in [0.1, 0.15) is 53.6 Å². The van der Waals surface area contributed by atoms with E-state index in [4.69, 9.17) is 21.1 Å². The van der Waals surface area contributed by atoms with Crippen molar-refractivity contribution >= 4 is 33.2 Å². The van der Waals surface area contributed by atoms with Gasteiger partial charge in [0.25, 0.3) is 5.91 Å². The Morgan fingerprint density at radius 3 is 2.71 bits per heavy atom. The van der Waals surface area contributed by atoms with Crippen molar-refractivity contribution in [2.75, 3.05) is 37.0 Å². The number of hydrogen-bond donors (Lipinski definition) is 2. The normalized spacial score (nSPS) is 26.4. The minimum atomic E-state index is -3.90. The number of benzene rings is 2. The first kappa shape index (κ1) is 27.2. The van der Waals surface area contributed by atoms with Crippen LogP contribution in [0.3, 0.4) is 0 Å². The molecule has 2 aromatic carbocycles. The van der Waals surface area contributed by atoms with E-state index < -0.39 is 22.0 Å². The van der Waals surface area contributed by atoms with Crippen molar-refractivity contribution in [3.8, 4) is 5.75 Å². The van der Waals surface area contributed by atoms with Gasteiger partial charge in [0.2, 0.25) is 10.0 Å². The lowest BCUT2D eigenvalue weighted by Crippen LogP contribution is -2.41. The van der Waals surface area contributed by atoms with Gasteiger partial charge in [-0.3, -0.25) is 4.79 Å². The Morgan fingerprint density at radius 1 is 1.05 bits per heavy atom. The fraction of sp³-hybridized carbons (Fsp3) is 0.536. The first-order chi connectivity index (χ1) is 18.3. The fourth-order valence-electron chi connectivity index (χ4n) is 5.61. The highest BCUT2D eigenvalue weighted by molar-refractivity contribution is 7.90. The fourth-order valence-corrected chi connectivity index (χ4v) is 6.64. The molecule has 1 amide bonds. The van der Waals surface area contributed by atoms with Gasteiger partial charge >= 0.3 is 0 Å². The average Bonchev–Trinajstić information content (AvgIpc) is 2.90. The highest BCUT2D eigenvalue weighted by atomic mass is 35.5. The topological polar surface area (TPSA) is 105 Å². The summed E-state index contributed by atoms with van der Waals surface area (Å²) in [6.07, 6.45) is 4.91. The number of aliphatic hydroxyl groups excluding tert-OH is 1. The largest absolute Gasteiger partial charge is 0.487 e. The third-order valence-electron chi connectivity index (χ3n) is 7.90. The number of aliphatic hydroxyl groups is 1.